The van der Waals surface area contributed by atoms with E-state index < -0.39 is 0 Å². The van der Waals surface area contributed by atoms with Gasteiger partial charge in [-0.25, -0.2) is 0 Å². The molecule has 5 rings (SSSR count). The lowest BCUT2D eigenvalue weighted by Gasteiger charge is -2.59. The molecule has 4 fully saturated rings. The summed E-state index contributed by atoms with van der Waals surface area (Å²) in [6.07, 6.45) is 12.8. The van der Waals surface area contributed by atoms with E-state index in [0.717, 1.165) is 43.9 Å². The van der Waals surface area contributed by atoms with Crippen LogP contribution in [0.1, 0.15) is 78.1 Å². The second kappa shape index (κ2) is 5.12. The van der Waals surface area contributed by atoms with Crippen LogP contribution in [-0.4, -0.2) is 22.8 Å². The molecule has 1 spiro atoms. The Morgan fingerprint density at radius 1 is 1.00 bits per heavy atom. The number of fused-ring (bicyclic) bond motifs is 6. The molecule has 25 heavy (non-hydrogen) atoms. The first-order valence-electron chi connectivity index (χ1n) is 10.5. The number of carbonyl (C=O) groups is 1. The maximum atomic E-state index is 11.9. The van der Waals surface area contributed by atoms with E-state index in [-0.39, 0.29) is 23.1 Å². The molecular formula is C22H32O3. The van der Waals surface area contributed by atoms with Crippen molar-refractivity contribution in [1.82, 2.24) is 0 Å². The second-order valence-electron chi connectivity index (χ2n) is 10.1. The number of carbonyl (C=O) groups excluding carboxylic acids is 1. The summed E-state index contributed by atoms with van der Waals surface area (Å²) in [5.41, 5.74) is 1.87. The van der Waals surface area contributed by atoms with E-state index in [1.165, 1.54) is 31.3 Å². The molecule has 1 saturated heterocycles. The van der Waals surface area contributed by atoms with Crippen LogP contribution in [0.3, 0.4) is 0 Å². The van der Waals surface area contributed by atoms with Crippen LogP contribution in [0.2, 0.25) is 0 Å². The minimum absolute atomic E-state index is 0.0334. The Balaban J connectivity index is 1.48. The topological polar surface area (TPSA) is 46.5 Å². The van der Waals surface area contributed by atoms with E-state index in [1.54, 1.807) is 0 Å². The Morgan fingerprint density at radius 3 is 2.56 bits per heavy atom. The number of aliphatic hydroxyl groups is 1. The van der Waals surface area contributed by atoms with Gasteiger partial charge in [0, 0.05) is 11.8 Å². The average Bonchev–Trinajstić information content (AvgIpc) is 3.10. The van der Waals surface area contributed by atoms with Crippen molar-refractivity contribution >= 4 is 5.97 Å². The molecule has 0 radical (unpaired) electrons. The first-order valence-corrected chi connectivity index (χ1v) is 10.5. The summed E-state index contributed by atoms with van der Waals surface area (Å²) >= 11 is 0. The monoisotopic (exact) mass is 344 g/mol. The van der Waals surface area contributed by atoms with Crippen molar-refractivity contribution in [2.24, 2.45) is 28.6 Å². The zero-order valence-corrected chi connectivity index (χ0v) is 15.7. The first kappa shape index (κ1) is 16.4. The van der Waals surface area contributed by atoms with Crippen molar-refractivity contribution in [2.45, 2.75) is 89.8 Å². The lowest BCUT2D eigenvalue weighted by atomic mass is 9.46. The van der Waals surface area contributed by atoms with Crippen LogP contribution < -0.4 is 0 Å². The third kappa shape index (κ3) is 1.99. The molecule has 1 heterocycles. The minimum atomic E-state index is -0.221. The third-order valence-corrected chi connectivity index (χ3v) is 9.42. The van der Waals surface area contributed by atoms with E-state index in [9.17, 15) is 9.90 Å². The molecule has 0 aromatic heterocycles. The highest BCUT2D eigenvalue weighted by molar-refractivity contribution is 5.72. The molecular weight excluding hydrogens is 312 g/mol. The number of aliphatic hydroxyl groups excluding tert-OH is 1. The average molecular weight is 344 g/mol. The molecule has 0 unspecified atom stereocenters. The fraction of sp³-hybridized carbons (Fsp3) is 0.864. The zero-order valence-electron chi connectivity index (χ0n) is 15.7. The van der Waals surface area contributed by atoms with Crippen LogP contribution in [0, 0.1) is 28.6 Å². The maximum absolute atomic E-state index is 11.9. The van der Waals surface area contributed by atoms with Crippen LogP contribution in [0.4, 0.5) is 0 Å². The van der Waals surface area contributed by atoms with Gasteiger partial charge in [-0.15, -0.1) is 0 Å². The van der Waals surface area contributed by atoms with Gasteiger partial charge in [0.15, 0.2) is 0 Å². The largest absolute Gasteiger partial charge is 0.458 e. The molecule has 138 valence electrons. The van der Waals surface area contributed by atoms with Crippen molar-refractivity contribution < 1.29 is 14.6 Å². The van der Waals surface area contributed by atoms with Crippen molar-refractivity contribution in [3.05, 3.63) is 11.6 Å². The summed E-state index contributed by atoms with van der Waals surface area (Å²) in [6, 6.07) is 0. The van der Waals surface area contributed by atoms with Gasteiger partial charge in [0.25, 0.3) is 0 Å². The summed E-state index contributed by atoms with van der Waals surface area (Å²) in [7, 11) is 0. The van der Waals surface area contributed by atoms with Gasteiger partial charge >= 0.3 is 5.97 Å². The number of allylic oxidation sites excluding steroid dienone is 1. The third-order valence-electron chi connectivity index (χ3n) is 9.42. The predicted molar refractivity (Wildman–Crippen MR) is 95.8 cm³/mol. The molecule has 0 amide bonds. The Kier molecular flexibility index (Phi) is 3.35. The molecule has 7 atom stereocenters. The van der Waals surface area contributed by atoms with Gasteiger partial charge in [0.1, 0.15) is 5.60 Å². The highest BCUT2D eigenvalue weighted by atomic mass is 16.6. The molecule has 0 aromatic rings. The Labute approximate surface area is 151 Å². The molecule has 3 saturated carbocycles. The summed E-state index contributed by atoms with van der Waals surface area (Å²) in [6.45, 7) is 4.92. The quantitative estimate of drug-likeness (QED) is 0.524. The Morgan fingerprint density at radius 2 is 1.80 bits per heavy atom. The van der Waals surface area contributed by atoms with E-state index >= 15 is 0 Å². The second-order valence-corrected chi connectivity index (χ2v) is 10.1. The molecule has 3 heteroatoms. The zero-order chi connectivity index (χ0) is 17.4. The van der Waals surface area contributed by atoms with Gasteiger partial charge in [-0.05, 0) is 81.0 Å². The molecule has 1 N–H and O–H groups in total. The standard InChI is InChI=1S/C22H32O3/c1-20-9-5-15(23)13-14(20)3-4-16-17(20)6-10-21(2)18(16)7-11-22(21)12-8-19(24)25-22/h13,15-18,23H,3-12H2,1-2H3/t15-,16+,17-,18+,20-,21-,22+/m0/s1. The summed E-state index contributed by atoms with van der Waals surface area (Å²) < 4.78 is 6.02. The van der Waals surface area contributed by atoms with Crippen molar-refractivity contribution in [2.75, 3.05) is 0 Å². The van der Waals surface area contributed by atoms with E-state index in [2.05, 4.69) is 19.9 Å². The fourth-order valence-corrected chi connectivity index (χ4v) is 8.00. The Bertz CT molecular complexity index is 639. The van der Waals surface area contributed by atoms with E-state index in [1.807, 2.05) is 0 Å². The first-order chi connectivity index (χ1) is 11.9. The SMILES string of the molecule is C[C@]12CC[C@H](O)C=C1CC[C@H]1[C@H]3CC[C@@]4(CCC(=O)O4)[C@@]3(C)CC[C@@H]12. The Hall–Kier alpha value is -0.830. The summed E-state index contributed by atoms with van der Waals surface area (Å²) in [4.78, 5) is 11.9. The van der Waals surface area contributed by atoms with Crippen LogP contribution in [0.25, 0.3) is 0 Å². The minimum Gasteiger partial charge on any atom is -0.458 e. The highest BCUT2D eigenvalue weighted by Gasteiger charge is 2.66. The summed E-state index contributed by atoms with van der Waals surface area (Å²) in [5.74, 6) is 2.27. The van der Waals surface area contributed by atoms with Crippen LogP contribution in [-0.2, 0) is 9.53 Å². The lowest BCUT2D eigenvalue weighted by Crippen LogP contribution is -2.54. The van der Waals surface area contributed by atoms with Crippen molar-refractivity contribution in [3.63, 3.8) is 0 Å². The summed E-state index contributed by atoms with van der Waals surface area (Å²) in [5, 5.41) is 10.1. The van der Waals surface area contributed by atoms with Crippen LogP contribution >= 0.6 is 0 Å². The predicted octanol–water partition coefficient (Wildman–Crippen LogP) is 4.39. The highest BCUT2D eigenvalue weighted by Crippen LogP contribution is 2.69. The van der Waals surface area contributed by atoms with Gasteiger partial charge in [0.05, 0.1) is 6.10 Å². The molecule has 4 aliphatic carbocycles. The normalized spacial score (nSPS) is 54.5. The molecule has 1 aliphatic heterocycles. The number of hydrogen-bond acceptors (Lipinski definition) is 3. The van der Waals surface area contributed by atoms with Crippen LogP contribution in [0.5, 0.6) is 0 Å². The van der Waals surface area contributed by atoms with Gasteiger partial charge in [0.2, 0.25) is 0 Å². The molecule has 0 bridgehead atoms. The number of esters is 1. The number of ether oxygens (including phenoxy) is 1. The van der Waals surface area contributed by atoms with Crippen molar-refractivity contribution in [3.8, 4) is 0 Å². The number of rotatable bonds is 0. The maximum Gasteiger partial charge on any atom is 0.306 e. The van der Waals surface area contributed by atoms with Gasteiger partial charge in [-0.3, -0.25) is 4.79 Å². The smallest absolute Gasteiger partial charge is 0.306 e. The van der Waals surface area contributed by atoms with Crippen LogP contribution in [0.15, 0.2) is 11.6 Å². The van der Waals surface area contributed by atoms with E-state index in [0.29, 0.717) is 17.8 Å². The lowest BCUT2D eigenvalue weighted by molar-refractivity contribution is -0.168. The molecule has 3 nitrogen and oxygen atoms in total. The fourth-order valence-electron chi connectivity index (χ4n) is 8.00. The molecule has 5 aliphatic rings. The van der Waals surface area contributed by atoms with E-state index in [4.69, 9.17) is 4.74 Å². The van der Waals surface area contributed by atoms with Gasteiger partial charge < -0.3 is 9.84 Å². The van der Waals surface area contributed by atoms with Gasteiger partial charge in [-0.1, -0.05) is 25.5 Å². The van der Waals surface area contributed by atoms with Gasteiger partial charge in [-0.2, -0.15) is 0 Å². The molecule has 0 aromatic carbocycles. The number of hydrogen-bond donors (Lipinski definition) is 1. The van der Waals surface area contributed by atoms with Crippen molar-refractivity contribution in [1.29, 1.82) is 0 Å².